The van der Waals surface area contributed by atoms with E-state index in [1.807, 2.05) is 12.1 Å². The van der Waals surface area contributed by atoms with Gasteiger partial charge in [0.2, 0.25) is 0 Å². The van der Waals surface area contributed by atoms with Crippen molar-refractivity contribution in [3.8, 4) is 0 Å². The summed E-state index contributed by atoms with van der Waals surface area (Å²) < 4.78 is 0. The molecule has 2 heterocycles. The van der Waals surface area contributed by atoms with Gasteiger partial charge in [-0.25, -0.2) is 0 Å². The van der Waals surface area contributed by atoms with Crippen LogP contribution in [0.2, 0.25) is 0 Å². The van der Waals surface area contributed by atoms with Crippen molar-refractivity contribution in [3.63, 3.8) is 0 Å². The van der Waals surface area contributed by atoms with E-state index in [9.17, 15) is 9.59 Å². The van der Waals surface area contributed by atoms with Crippen LogP contribution >= 0.6 is 23.5 Å². The number of benzene rings is 1. The minimum atomic E-state index is 0.218. The summed E-state index contributed by atoms with van der Waals surface area (Å²) in [4.78, 5) is 25.6. The lowest BCUT2D eigenvalue weighted by Gasteiger charge is -2.22. The Kier molecular flexibility index (Phi) is 2.56. The normalized spacial score (nSPS) is 19.2. The smallest absolute Gasteiger partial charge is 0.164 e. The van der Waals surface area contributed by atoms with E-state index in [4.69, 9.17) is 0 Å². The fourth-order valence-electron chi connectivity index (χ4n) is 2.05. The van der Waals surface area contributed by atoms with Gasteiger partial charge in [-0.2, -0.15) is 0 Å². The van der Waals surface area contributed by atoms with Crippen molar-refractivity contribution in [2.75, 3.05) is 11.5 Å². The van der Waals surface area contributed by atoms with E-state index in [1.54, 1.807) is 23.5 Å². The van der Waals surface area contributed by atoms with E-state index in [-0.39, 0.29) is 11.6 Å². The van der Waals surface area contributed by atoms with Crippen LogP contribution in [0.25, 0.3) is 0 Å². The number of rotatable bonds is 0. The minimum absolute atomic E-state index is 0.218. The Bertz CT molecular complexity index is 449. The summed E-state index contributed by atoms with van der Waals surface area (Å²) in [5, 5.41) is 0. The second kappa shape index (κ2) is 3.93. The molecule has 1 aromatic rings. The van der Waals surface area contributed by atoms with Gasteiger partial charge in [0, 0.05) is 45.3 Å². The molecule has 0 saturated carbocycles. The molecule has 0 atom stereocenters. The number of hydrogen-bond acceptors (Lipinski definition) is 4. The largest absolute Gasteiger partial charge is 0.294 e. The summed E-state index contributed by atoms with van der Waals surface area (Å²) in [5.74, 6) is 2.12. The highest BCUT2D eigenvalue weighted by Crippen LogP contribution is 2.42. The molecule has 1 aromatic carbocycles. The van der Waals surface area contributed by atoms with E-state index in [0.29, 0.717) is 12.8 Å². The molecule has 0 spiro atoms. The molecule has 0 bridgehead atoms. The third kappa shape index (κ3) is 1.52. The Hall–Kier alpha value is -0.740. The van der Waals surface area contributed by atoms with Crippen molar-refractivity contribution in [3.05, 3.63) is 23.3 Å². The zero-order valence-corrected chi connectivity index (χ0v) is 10.2. The van der Waals surface area contributed by atoms with Gasteiger partial charge in [-0.1, -0.05) is 0 Å². The van der Waals surface area contributed by atoms with Crippen molar-refractivity contribution in [2.45, 2.75) is 22.6 Å². The van der Waals surface area contributed by atoms with Crippen LogP contribution < -0.4 is 0 Å². The minimum Gasteiger partial charge on any atom is -0.294 e. The number of thioether (sulfide) groups is 2. The van der Waals surface area contributed by atoms with Crippen LogP contribution in [0.15, 0.2) is 21.9 Å². The van der Waals surface area contributed by atoms with E-state index < -0.39 is 0 Å². The van der Waals surface area contributed by atoms with E-state index >= 15 is 0 Å². The average Bonchev–Trinajstić information content (AvgIpc) is 2.30. The van der Waals surface area contributed by atoms with Gasteiger partial charge < -0.3 is 0 Å². The first-order valence-electron chi connectivity index (χ1n) is 5.26. The zero-order valence-electron chi connectivity index (χ0n) is 8.62. The van der Waals surface area contributed by atoms with E-state index in [1.165, 1.54) is 0 Å². The topological polar surface area (TPSA) is 34.1 Å². The van der Waals surface area contributed by atoms with Crippen molar-refractivity contribution >= 4 is 35.1 Å². The third-order valence-electron chi connectivity index (χ3n) is 2.86. The fraction of sp³-hybridized carbons (Fsp3) is 0.333. The predicted octanol–water partition coefficient (Wildman–Crippen LogP) is 3.04. The molecule has 4 heteroatoms. The van der Waals surface area contributed by atoms with Crippen LogP contribution in [0.3, 0.4) is 0 Å². The molecule has 2 aliphatic rings. The maximum atomic E-state index is 11.7. The van der Waals surface area contributed by atoms with E-state index in [0.717, 1.165) is 32.4 Å². The summed E-state index contributed by atoms with van der Waals surface area (Å²) in [5.41, 5.74) is 1.63. The number of ketones is 2. The van der Waals surface area contributed by atoms with Crippen molar-refractivity contribution in [1.29, 1.82) is 0 Å². The number of Topliss-reactive ketones (excluding diaryl/α,β-unsaturated/α-hetero) is 2. The first-order valence-corrected chi connectivity index (χ1v) is 7.23. The Morgan fingerprint density at radius 3 is 1.69 bits per heavy atom. The number of fused-ring (bicyclic) bond motifs is 3. The summed E-state index contributed by atoms with van der Waals surface area (Å²) in [6.45, 7) is 0. The van der Waals surface area contributed by atoms with Crippen LogP contribution in [-0.2, 0) is 0 Å². The van der Waals surface area contributed by atoms with Crippen LogP contribution in [-0.4, -0.2) is 23.1 Å². The maximum Gasteiger partial charge on any atom is 0.164 e. The molecule has 16 heavy (non-hydrogen) atoms. The maximum absolute atomic E-state index is 11.7. The van der Waals surface area contributed by atoms with Gasteiger partial charge in [0.05, 0.1) is 0 Å². The number of carbonyl (C=O) groups excluding carboxylic acids is 2. The Morgan fingerprint density at radius 1 is 0.812 bits per heavy atom. The lowest BCUT2D eigenvalue weighted by Crippen LogP contribution is -2.14. The molecule has 0 unspecified atom stereocenters. The Balaban J connectivity index is 2.21. The highest BCUT2D eigenvalue weighted by molar-refractivity contribution is 8.02. The van der Waals surface area contributed by atoms with Gasteiger partial charge in [-0.15, -0.1) is 23.5 Å². The lowest BCUT2D eigenvalue weighted by atomic mass is 10.0. The Labute approximate surface area is 102 Å². The van der Waals surface area contributed by atoms with Crippen molar-refractivity contribution < 1.29 is 9.59 Å². The van der Waals surface area contributed by atoms with Crippen molar-refractivity contribution in [1.82, 2.24) is 0 Å². The molecule has 82 valence electrons. The fourth-order valence-corrected chi connectivity index (χ4v) is 4.54. The molecular formula is C12H10O2S2. The molecule has 0 saturated heterocycles. The summed E-state index contributed by atoms with van der Waals surface area (Å²) >= 11 is 3.43. The summed E-state index contributed by atoms with van der Waals surface area (Å²) in [6.07, 6.45) is 1.24. The molecule has 2 nitrogen and oxygen atoms in total. The quantitative estimate of drug-likeness (QED) is 0.708. The monoisotopic (exact) mass is 250 g/mol. The lowest BCUT2D eigenvalue weighted by molar-refractivity contribution is 0.0970. The second-order valence-electron chi connectivity index (χ2n) is 3.86. The van der Waals surface area contributed by atoms with Gasteiger partial charge in [-0.05, 0) is 12.1 Å². The zero-order chi connectivity index (χ0) is 11.1. The molecular weight excluding hydrogens is 240 g/mol. The van der Waals surface area contributed by atoms with Crippen molar-refractivity contribution in [2.24, 2.45) is 0 Å². The average molecular weight is 250 g/mol. The van der Waals surface area contributed by atoms with Gasteiger partial charge in [0.1, 0.15) is 0 Å². The number of carbonyl (C=O) groups is 2. The Morgan fingerprint density at radius 2 is 1.25 bits per heavy atom. The van der Waals surface area contributed by atoms with Gasteiger partial charge in [-0.3, -0.25) is 9.59 Å². The standard InChI is InChI=1S/C12H10O2S2/c13-9-3-5-15-11-7(9)1-2-8-10(14)4-6-16-12(8)11/h1-2H,3-6H2. The molecule has 0 aromatic heterocycles. The van der Waals surface area contributed by atoms with E-state index in [2.05, 4.69) is 0 Å². The molecule has 2 aliphatic heterocycles. The summed E-state index contributed by atoms with van der Waals surface area (Å²) in [6, 6.07) is 3.65. The molecule has 0 aliphatic carbocycles. The van der Waals surface area contributed by atoms with Crippen LogP contribution in [0, 0.1) is 0 Å². The van der Waals surface area contributed by atoms with Gasteiger partial charge >= 0.3 is 0 Å². The van der Waals surface area contributed by atoms with Crippen LogP contribution in [0.5, 0.6) is 0 Å². The number of hydrogen-bond donors (Lipinski definition) is 0. The second-order valence-corrected chi connectivity index (χ2v) is 6.07. The molecule has 0 N–H and O–H groups in total. The third-order valence-corrected chi connectivity index (χ3v) is 5.24. The molecule has 0 fully saturated rings. The van der Waals surface area contributed by atoms with Crippen LogP contribution in [0.1, 0.15) is 33.6 Å². The molecule has 0 amide bonds. The first-order chi connectivity index (χ1) is 7.77. The predicted molar refractivity (Wildman–Crippen MR) is 65.8 cm³/mol. The molecule has 0 radical (unpaired) electrons. The highest BCUT2D eigenvalue weighted by atomic mass is 32.2. The molecule has 3 rings (SSSR count). The highest BCUT2D eigenvalue weighted by Gasteiger charge is 2.27. The first kappa shape index (κ1) is 10.4. The van der Waals surface area contributed by atoms with Crippen LogP contribution in [0.4, 0.5) is 0 Å². The van der Waals surface area contributed by atoms with Gasteiger partial charge in [0.25, 0.3) is 0 Å². The SMILES string of the molecule is O=C1CCSc2c1ccc1c2SCCC1=O. The summed E-state index contributed by atoms with van der Waals surface area (Å²) in [7, 11) is 0. The van der Waals surface area contributed by atoms with Gasteiger partial charge in [0.15, 0.2) is 11.6 Å².